The molecule has 1 unspecified atom stereocenters. The highest BCUT2D eigenvalue weighted by molar-refractivity contribution is 6.16. The van der Waals surface area contributed by atoms with Crippen LogP contribution in [0.15, 0.2) is 53.8 Å². The van der Waals surface area contributed by atoms with Crippen LogP contribution in [-0.4, -0.2) is 16.8 Å². The topological polar surface area (TPSA) is 57.6 Å². The quantitative estimate of drug-likeness (QED) is 0.867. The average Bonchev–Trinajstić information content (AvgIpc) is 2.88. The van der Waals surface area contributed by atoms with Crippen molar-refractivity contribution >= 4 is 17.4 Å². The van der Waals surface area contributed by atoms with Crippen molar-refractivity contribution in [1.82, 2.24) is 0 Å². The van der Waals surface area contributed by atoms with E-state index in [0.29, 0.717) is 5.56 Å². The highest BCUT2D eigenvalue weighted by Crippen LogP contribution is 2.42. The fraction of sp³-hybridized carbons (Fsp3) is 0.238. The van der Waals surface area contributed by atoms with Crippen molar-refractivity contribution in [3.8, 4) is 0 Å². The fourth-order valence-corrected chi connectivity index (χ4v) is 3.24. The van der Waals surface area contributed by atoms with Crippen molar-refractivity contribution in [3.63, 3.8) is 0 Å². The van der Waals surface area contributed by atoms with E-state index >= 15 is 0 Å². The molecule has 0 saturated heterocycles. The maximum Gasteiger partial charge on any atom is 0.294 e. The van der Waals surface area contributed by atoms with Gasteiger partial charge in [-0.3, -0.25) is 14.5 Å². The molecule has 0 spiro atoms. The molecule has 0 aromatic heterocycles. The Morgan fingerprint density at radius 2 is 1.85 bits per heavy atom. The molecule has 0 aliphatic carbocycles. The first-order valence-electron chi connectivity index (χ1n) is 8.55. The zero-order valence-corrected chi connectivity index (χ0v) is 15.2. The molecule has 2 aromatic rings. The molecular weight excluding hydrogens is 352 g/mol. The monoisotopic (exact) mass is 371 g/mol. The Bertz CT molecular complexity index is 966. The Kier molecular flexibility index (Phi) is 4.83. The standard InChI is InChI=1S/C21H19F2NO3/c1-11(2)19(25)17-18(13-6-4-5-12(3)9-13)24(21(27)20(17)26)16-10-14(22)7-8-15(16)23/h4-11,18,26H,1-3H3. The summed E-state index contributed by atoms with van der Waals surface area (Å²) >= 11 is 0. The average molecular weight is 371 g/mol. The highest BCUT2D eigenvalue weighted by Gasteiger charge is 2.45. The summed E-state index contributed by atoms with van der Waals surface area (Å²) in [6.45, 7) is 5.12. The molecule has 1 heterocycles. The van der Waals surface area contributed by atoms with Crippen molar-refractivity contribution < 1.29 is 23.5 Å². The number of carbonyl (C=O) groups is 2. The van der Waals surface area contributed by atoms with Crippen LogP contribution in [0.1, 0.15) is 31.0 Å². The van der Waals surface area contributed by atoms with E-state index in [9.17, 15) is 23.5 Å². The van der Waals surface area contributed by atoms with Crippen LogP contribution in [0.25, 0.3) is 0 Å². The van der Waals surface area contributed by atoms with E-state index in [1.165, 1.54) is 0 Å². The van der Waals surface area contributed by atoms with Crippen LogP contribution < -0.4 is 4.90 Å². The first-order valence-corrected chi connectivity index (χ1v) is 8.55. The summed E-state index contributed by atoms with van der Waals surface area (Å²) in [5.41, 5.74) is 0.955. The fourth-order valence-electron chi connectivity index (χ4n) is 3.24. The Morgan fingerprint density at radius 1 is 1.15 bits per heavy atom. The minimum Gasteiger partial charge on any atom is -0.503 e. The van der Waals surface area contributed by atoms with Gasteiger partial charge in [-0.2, -0.15) is 0 Å². The molecule has 27 heavy (non-hydrogen) atoms. The van der Waals surface area contributed by atoms with Gasteiger partial charge in [0, 0.05) is 12.0 Å². The van der Waals surface area contributed by atoms with Gasteiger partial charge >= 0.3 is 0 Å². The second kappa shape index (κ2) is 6.95. The number of hydrogen-bond donors (Lipinski definition) is 1. The van der Waals surface area contributed by atoms with E-state index < -0.39 is 41.0 Å². The Labute approximate surface area is 155 Å². The summed E-state index contributed by atoms with van der Waals surface area (Å²) in [6.07, 6.45) is 0. The Hall–Kier alpha value is -3.02. The molecule has 3 rings (SSSR count). The third kappa shape index (κ3) is 3.23. The SMILES string of the molecule is Cc1cccc(C2C(C(=O)C(C)C)=C(O)C(=O)N2c2cc(F)ccc2F)c1. The lowest BCUT2D eigenvalue weighted by molar-refractivity contribution is -0.119. The first kappa shape index (κ1) is 18.8. The van der Waals surface area contributed by atoms with Gasteiger partial charge < -0.3 is 5.11 Å². The largest absolute Gasteiger partial charge is 0.503 e. The van der Waals surface area contributed by atoms with Crippen molar-refractivity contribution in [2.45, 2.75) is 26.8 Å². The van der Waals surface area contributed by atoms with E-state index in [2.05, 4.69) is 0 Å². The smallest absolute Gasteiger partial charge is 0.294 e. The first-order chi connectivity index (χ1) is 12.7. The number of Topliss-reactive ketones (excluding diaryl/α,β-unsaturated/α-hetero) is 1. The zero-order valence-electron chi connectivity index (χ0n) is 15.2. The number of hydrogen-bond acceptors (Lipinski definition) is 3. The van der Waals surface area contributed by atoms with Crippen LogP contribution in [-0.2, 0) is 9.59 Å². The number of anilines is 1. The molecule has 1 N–H and O–H groups in total. The van der Waals surface area contributed by atoms with Gasteiger partial charge in [0.2, 0.25) is 0 Å². The molecule has 2 aromatic carbocycles. The molecule has 0 bridgehead atoms. The molecule has 1 aliphatic heterocycles. The zero-order chi connectivity index (χ0) is 19.9. The summed E-state index contributed by atoms with van der Waals surface area (Å²) in [5, 5.41) is 10.4. The number of rotatable bonds is 4. The van der Waals surface area contributed by atoms with Gasteiger partial charge in [-0.15, -0.1) is 0 Å². The number of aliphatic hydroxyl groups excluding tert-OH is 1. The van der Waals surface area contributed by atoms with Crippen LogP contribution in [0, 0.1) is 24.5 Å². The second-order valence-electron chi connectivity index (χ2n) is 6.87. The summed E-state index contributed by atoms with van der Waals surface area (Å²) in [7, 11) is 0. The minimum absolute atomic E-state index is 0.107. The van der Waals surface area contributed by atoms with Gasteiger partial charge in [0.1, 0.15) is 11.6 Å². The molecule has 140 valence electrons. The van der Waals surface area contributed by atoms with Gasteiger partial charge in [0.15, 0.2) is 11.5 Å². The Balaban J connectivity index is 2.25. The van der Waals surface area contributed by atoms with Crippen LogP contribution in [0.2, 0.25) is 0 Å². The molecule has 1 atom stereocenters. The highest BCUT2D eigenvalue weighted by atomic mass is 19.1. The molecule has 0 radical (unpaired) electrons. The lowest BCUT2D eigenvalue weighted by atomic mass is 9.90. The van der Waals surface area contributed by atoms with Crippen molar-refractivity contribution in [2.75, 3.05) is 4.90 Å². The summed E-state index contributed by atoms with van der Waals surface area (Å²) in [6, 6.07) is 8.69. The normalized spacial score (nSPS) is 17.2. The van der Waals surface area contributed by atoms with Crippen LogP contribution in [0.3, 0.4) is 0 Å². The van der Waals surface area contributed by atoms with Gasteiger partial charge in [-0.05, 0) is 24.6 Å². The maximum atomic E-state index is 14.4. The number of aryl methyl sites for hydroxylation is 1. The van der Waals surface area contributed by atoms with E-state index in [1.807, 2.05) is 13.0 Å². The van der Waals surface area contributed by atoms with E-state index in [1.54, 1.807) is 32.0 Å². The minimum atomic E-state index is -1.04. The summed E-state index contributed by atoms with van der Waals surface area (Å²) < 4.78 is 28.2. The molecule has 0 saturated carbocycles. The summed E-state index contributed by atoms with van der Waals surface area (Å²) in [5.74, 6) is -4.14. The molecule has 4 nitrogen and oxygen atoms in total. The molecular formula is C21H19F2NO3. The molecule has 0 fully saturated rings. The number of amides is 1. The lowest BCUT2D eigenvalue weighted by Crippen LogP contribution is -2.32. The maximum absolute atomic E-state index is 14.4. The molecule has 1 aliphatic rings. The van der Waals surface area contributed by atoms with Crippen LogP contribution in [0.4, 0.5) is 14.5 Å². The second-order valence-corrected chi connectivity index (χ2v) is 6.87. The van der Waals surface area contributed by atoms with E-state index in [-0.39, 0.29) is 11.3 Å². The van der Waals surface area contributed by atoms with Crippen molar-refractivity contribution in [3.05, 3.63) is 76.6 Å². The van der Waals surface area contributed by atoms with Crippen molar-refractivity contribution in [1.29, 1.82) is 0 Å². The molecule has 6 heteroatoms. The number of nitrogens with zero attached hydrogens (tertiary/aromatic N) is 1. The molecule has 1 amide bonds. The third-order valence-electron chi connectivity index (χ3n) is 4.52. The third-order valence-corrected chi connectivity index (χ3v) is 4.52. The van der Waals surface area contributed by atoms with Crippen LogP contribution >= 0.6 is 0 Å². The van der Waals surface area contributed by atoms with Gasteiger partial charge in [0.05, 0.1) is 17.3 Å². The van der Waals surface area contributed by atoms with Gasteiger partial charge in [-0.1, -0.05) is 43.7 Å². The lowest BCUT2D eigenvalue weighted by Gasteiger charge is -2.28. The van der Waals surface area contributed by atoms with E-state index in [0.717, 1.165) is 28.7 Å². The van der Waals surface area contributed by atoms with Crippen molar-refractivity contribution in [2.24, 2.45) is 5.92 Å². The predicted molar refractivity (Wildman–Crippen MR) is 97.3 cm³/mol. The predicted octanol–water partition coefficient (Wildman–Crippen LogP) is 4.40. The number of benzene rings is 2. The number of ketones is 1. The summed E-state index contributed by atoms with van der Waals surface area (Å²) in [4.78, 5) is 26.4. The number of aliphatic hydroxyl groups is 1. The van der Waals surface area contributed by atoms with Crippen LogP contribution in [0.5, 0.6) is 0 Å². The Morgan fingerprint density at radius 3 is 2.48 bits per heavy atom. The van der Waals surface area contributed by atoms with E-state index in [4.69, 9.17) is 0 Å². The van der Waals surface area contributed by atoms with Gasteiger partial charge in [0.25, 0.3) is 5.91 Å². The van der Waals surface area contributed by atoms with Gasteiger partial charge in [-0.25, -0.2) is 8.78 Å². The number of carbonyl (C=O) groups excluding carboxylic acids is 2. The number of halogens is 2.